The number of esters is 1. The van der Waals surface area contributed by atoms with E-state index in [1.165, 1.54) is 0 Å². The molecule has 2 aromatic rings. The Morgan fingerprint density at radius 1 is 1.38 bits per heavy atom. The second-order valence-corrected chi connectivity index (χ2v) is 6.09. The van der Waals surface area contributed by atoms with Crippen molar-refractivity contribution in [2.24, 2.45) is 5.92 Å². The lowest BCUT2D eigenvalue weighted by Gasteiger charge is -2.34. The lowest BCUT2D eigenvalue weighted by molar-refractivity contribution is 0.0516. The Labute approximate surface area is 150 Å². The van der Waals surface area contributed by atoms with Crippen molar-refractivity contribution in [3.05, 3.63) is 58.4 Å². The van der Waals surface area contributed by atoms with Crippen molar-refractivity contribution in [1.82, 2.24) is 10.2 Å². The maximum Gasteiger partial charge on any atom is 0.362 e. The van der Waals surface area contributed by atoms with Gasteiger partial charge < -0.3 is 15.2 Å². The van der Waals surface area contributed by atoms with E-state index >= 15 is 0 Å². The van der Waals surface area contributed by atoms with E-state index in [0.717, 1.165) is 6.42 Å². The monoisotopic (exact) mass is 355 g/mol. The summed E-state index contributed by atoms with van der Waals surface area (Å²) >= 11 is 0. The molecule has 7 heteroatoms. The number of ether oxygens (including phenoxy) is 1. The number of aliphatic hydroxyl groups is 1. The van der Waals surface area contributed by atoms with Crippen LogP contribution in [0.15, 0.2) is 47.3 Å². The molecule has 3 N–H and O–H groups in total. The van der Waals surface area contributed by atoms with E-state index in [4.69, 9.17) is 4.74 Å². The molecule has 7 nitrogen and oxygen atoms in total. The number of fused-ring (bicyclic) bond motifs is 1. The van der Waals surface area contributed by atoms with Crippen LogP contribution in [0.25, 0.3) is 10.9 Å². The van der Waals surface area contributed by atoms with Gasteiger partial charge in [-0.25, -0.2) is 4.79 Å². The number of H-pyrrole nitrogens is 1. The van der Waals surface area contributed by atoms with Gasteiger partial charge in [0, 0.05) is 11.6 Å². The van der Waals surface area contributed by atoms with Crippen LogP contribution in [-0.2, 0) is 4.74 Å². The van der Waals surface area contributed by atoms with E-state index in [9.17, 15) is 14.7 Å². The lowest BCUT2D eigenvalue weighted by Crippen LogP contribution is -2.43. The van der Waals surface area contributed by atoms with Gasteiger partial charge in [0.05, 0.1) is 17.5 Å². The minimum atomic E-state index is -1.25. The molecule has 1 heterocycles. The second-order valence-electron chi connectivity index (χ2n) is 6.09. The minimum absolute atomic E-state index is 0.103. The van der Waals surface area contributed by atoms with Crippen molar-refractivity contribution < 1.29 is 14.6 Å². The molecule has 0 aliphatic heterocycles. The number of anilines is 1. The Balaban J connectivity index is 1.99. The number of aromatic nitrogens is 2. The third kappa shape index (κ3) is 3.25. The summed E-state index contributed by atoms with van der Waals surface area (Å²) in [5, 5.41) is 20.8. The number of hydrogen-bond donors (Lipinski definition) is 3. The van der Waals surface area contributed by atoms with E-state index in [-0.39, 0.29) is 18.2 Å². The molecule has 26 heavy (non-hydrogen) atoms. The van der Waals surface area contributed by atoms with Gasteiger partial charge in [-0.1, -0.05) is 25.2 Å². The van der Waals surface area contributed by atoms with Gasteiger partial charge in [0.2, 0.25) is 11.1 Å². The Kier molecular flexibility index (Phi) is 4.90. The molecular weight excluding hydrogens is 334 g/mol. The highest BCUT2D eigenvalue weighted by atomic mass is 16.5. The average molecular weight is 355 g/mol. The van der Waals surface area contributed by atoms with E-state index in [1.54, 1.807) is 37.3 Å². The summed E-state index contributed by atoms with van der Waals surface area (Å²) in [5.41, 5.74) is -1.00. The first-order valence-corrected chi connectivity index (χ1v) is 8.54. The molecule has 1 aromatic heterocycles. The molecule has 0 amide bonds. The van der Waals surface area contributed by atoms with Crippen LogP contribution in [0.4, 0.5) is 5.69 Å². The van der Waals surface area contributed by atoms with Gasteiger partial charge in [-0.2, -0.15) is 5.10 Å². The molecule has 1 aliphatic carbocycles. The zero-order valence-corrected chi connectivity index (χ0v) is 14.7. The standard InChI is InChI=1S/C19H21N3O4/c1-3-12-7-5-6-10-19(12,25)20-13-8-9-15-14(11-13)17(23)16(22-21-15)18(24)26-4-2/h5-12,20,25H,3-4H2,1-2H3,(H,21,23). The van der Waals surface area contributed by atoms with Crippen LogP contribution in [0.1, 0.15) is 30.8 Å². The molecule has 2 unspecified atom stereocenters. The maximum atomic E-state index is 12.6. The minimum Gasteiger partial charge on any atom is -0.461 e. The molecule has 3 rings (SSSR count). The number of aromatic amines is 1. The predicted molar refractivity (Wildman–Crippen MR) is 99.0 cm³/mol. The molecule has 1 aromatic carbocycles. The fourth-order valence-corrected chi connectivity index (χ4v) is 3.02. The van der Waals surface area contributed by atoms with Gasteiger partial charge >= 0.3 is 5.97 Å². The topological polar surface area (TPSA) is 104 Å². The van der Waals surface area contributed by atoms with Crippen molar-refractivity contribution in [1.29, 1.82) is 0 Å². The first kappa shape index (κ1) is 17.9. The van der Waals surface area contributed by atoms with Crippen molar-refractivity contribution in [3.63, 3.8) is 0 Å². The summed E-state index contributed by atoms with van der Waals surface area (Å²) in [6.07, 6.45) is 8.04. The fraction of sp³-hybridized carbons (Fsp3) is 0.316. The zero-order chi connectivity index (χ0) is 18.7. The fourth-order valence-electron chi connectivity index (χ4n) is 3.02. The van der Waals surface area contributed by atoms with Crippen molar-refractivity contribution in [2.45, 2.75) is 26.0 Å². The summed E-state index contributed by atoms with van der Waals surface area (Å²) in [7, 11) is 0. The summed E-state index contributed by atoms with van der Waals surface area (Å²) in [5.74, 6) is -0.868. The number of rotatable bonds is 5. The van der Waals surface area contributed by atoms with E-state index in [0.29, 0.717) is 16.6 Å². The lowest BCUT2D eigenvalue weighted by atomic mass is 9.88. The Morgan fingerprint density at radius 2 is 2.19 bits per heavy atom. The Bertz CT molecular complexity index is 947. The van der Waals surface area contributed by atoms with Gasteiger partial charge in [-0.3, -0.25) is 9.89 Å². The van der Waals surface area contributed by atoms with E-state index in [2.05, 4.69) is 15.5 Å². The van der Waals surface area contributed by atoms with Crippen LogP contribution in [-0.4, -0.2) is 33.6 Å². The molecule has 2 atom stereocenters. The van der Waals surface area contributed by atoms with Crippen molar-refractivity contribution in [2.75, 3.05) is 11.9 Å². The molecule has 136 valence electrons. The van der Waals surface area contributed by atoms with Gasteiger partial charge in [-0.05, 0) is 37.6 Å². The average Bonchev–Trinajstić information content (AvgIpc) is 2.62. The predicted octanol–water partition coefficient (Wildman–Crippen LogP) is 2.35. The summed E-state index contributed by atoms with van der Waals surface area (Å²) in [6.45, 7) is 3.81. The summed E-state index contributed by atoms with van der Waals surface area (Å²) in [6, 6.07) is 5.00. The van der Waals surface area contributed by atoms with E-state index < -0.39 is 17.1 Å². The van der Waals surface area contributed by atoms with Gasteiger partial charge in [0.15, 0.2) is 5.72 Å². The number of carbonyl (C=O) groups excluding carboxylic acids is 1. The third-order valence-electron chi connectivity index (χ3n) is 4.39. The number of nitrogens with zero attached hydrogens (tertiary/aromatic N) is 1. The number of nitrogens with one attached hydrogen (secondary N) is 2. The molecular formula is C19H21N3O4. The maximum absolute atomic E-state index is 12.6. The highest BCUT2D eigenvalue weighted by molar-refractivity contribution is 5.92. The first-order chi connectivity index (χ1) is 12.5. The largest absolute Gasteiger partial charge is 0.461 e. The van der Waals surface area contributed by atoms with Crippen LogP contribution in [0, 0.1) is 5.92 Å². The first-order valence-electron chi connectivity index (χ1n) is 8.54. The van der Waals surface area contributed by atoms with Gasteiger partial charge in [0.1, 0.15) is 0 Å². The van der Waals surface area contributed by atoms with Crippen LogP contribution >= 0.6 is 0 Å². The summed E-state index contributed by atoms with van der Waals surface area (Å²) in [4.78, 5) is 24.5. The number of benzene rings is 1. The molecule has 0 saturated carbocycles. The van der Waals surface area contributed by atoms with Crippen molar-refractivity contribution >= 4 is 22.6 Å². The van der Waals surface area contributed by atoms with Crippen LogP contribution in [0.3, 0.4) is 0 Å². The molecule has 0 radical (unpaired) electrons. The normalized spacial score (nSPS) is 21.7. The van der Waals surface area contributed by atoms with Crippen LogP contribution in [0.5, 0.6) is 0 Å². The Morgan fingerprint density at radius 3 is 2.92 bits per heavy atom. The molecule has 0 saturated heterocycles. The van der Waals surface area contributed by atoms with Gasteiger partial charge in [0.25, 0.3) is 0 Å². The molecule has 1 aliphatic rings. The highest BCUT2D eigenvalue weighted by Crippen LogP contribution is 2.29. The van der Waals surface area contributed by atoms with E-state index in [1.807, 2.05) is 19.1 Å². The zero-order valence-electron chi connectivity index (χ0n) is 14.7. The molecule has 0 spiro atoms. The number of allylic oxidation sites excluding steroid dienone is 2. The van der Waals surface area contributed by atoms with Gasteiger partial charge in [-0.15, -0.1) is 0 Å². The van der Waals surface area contributed by atoms with Crippen LogP contribution in [0.2, 0.25) is 0 Å². The molecule has 0 bridgehead atoms. The highest BCUT2D eigenvalue weighted by Gasteiger charge is 2.32. The smallest absolute Gasteiger partial charge is 0.362 e. The number of carbonyl (C=O) groups is 1. The number of hydrogen-bond acceptors (Lipinski definition) is 6. The molecule has 0 fully saturated rings. The quantitative estimate of drug-likeness (QED) is 0.562. The second kappa shape index (κ2) is 7.13. The summed E-state index contributed by atoms with van der Waals surface area (Å²) < 4.78 is 4.86. The van der Waals surface area contributed by atoms with Crippen LogP contribution < -0.4 is 10.7 Å². The SMILES string of the molecule is CCOC(=O)c1n[nH]c2ccc(NC3(O)C=CC=CC3CC)cc2c1=O. The van der Waals surface area contributed by atoms with Crippen molar-refractivity contribution in [3.8, 4) is 0 Å². The third-order valence-corrected chi connectivity index (χ3v) is 4.39. The Hall–Kier alpha value is -2.93.